The van der Waals surface area contributed by atoms with Gasteiger partial charge in [-0.25, -0.2) is 4.79 Å². The van der Waals surface area contributed by atoms with Crippen LogP contribution in [0.2, 0.25) is 0 Å². The fraction of sp³-hybridized carbons (Fsp3) is 0.531. The number of benzene rings is 2. The summed E-state index contributed by atoms with van der Waals surface area (Å²) in [5.74, 6) is 1.27. The number of ether oxygens (including phenoxy) is 1. The van der Waals surface area contributed by atoms with E-state index in [1.165, 1.54) is 40.5 Å². The van der Waals surface area contributed by atoms with Gasteiger partial charge in [0.15, 0.2) is 0 Å². The Balaban J connectivity index is 1.43. The third-order valence-electron chi connectivity index (χ3n) is 8.71. The summed E-state index contributed by atoms with van der Waals surface area (Å²) >= 11 is 0. The lowest BCUT2D eigenvalue weighted by Crippen LogP contribution is -2.47. The second-order valence-electron chi connectivity index (χ2n) is 11.2. The van der Waals surface area contributed by atoms with Crippen LogP contribution in [0.4, 0.5) is 4.39 Å². The zero-order chi connectivity index (χ0) is 25.8. The number of alkyl halides is 1. The Morgan fingerprint density at radius 2 is 1.89 bits per heavy atom. The second-order valence-corrected chi connectivity index (χ2v) is 11.2. The summed E-state index contributed by atoms with van der Waals surface area (Å²) in [6.07, 6.45) is 8.06. The zero-order valence-electron chi connectivity index (χ0n) is 22.1. The predicted octanol–water partition coefficient (Wildman–Crippen LogP) is 5.85. The molecule has 1 heterocycles. The van der Waals surface area contributed by atoms with Crippen LogP contribution in [0.3, 0.4) is 0 Å². The van der Waals surface area contributed by atoms with E-state index in [-0.39, 0.29) is 19.3 Å². The molecule has 2 aliphatic carbocycles. The van der Waals surface area contributed by atoms with E-state index in [1.54, 1.807) is 0 Å². The quantitative estimate of drug-likeness (QED) is 0.434. The molecule has 2 atom stereocenters. The largest absolute Gasteiger partial charge is 0.465 e. The van der Waals surface area contributed by atoms with Crippen molar-refractivity contribution in [2.75, 3.05) is 40.0 Å². The highest BCUT2D eigenvalue weighted by Gasteiger charge is 2.31. The molecule has 0 spiro atoms. The van der Waals surface area contributed by atoms with Gasteiger partial charge in [0, 0.05) is 26.2 Å². The molecule has 2 aromatic carbocycles. The van der Waals surface area contributed by atoms with E-state index in [9.17, 15) is 14.3 Å². The highest BCUT2D eigenvalue weighted by Crippen LogP contribution is 2.45. The van der Waals surface area contributed by atoms with E-state index in [2.05, 4.69) is 35.2 Å². The molecule has 2 unspecified atom stereocenters. The SMILES string of the molecule is COC(=O)c1ccc2c(c1)CCCC(C1CCC(CO)C1)=C2c1ccc(CC2CN(CCCF)C2)cc1. The maximum absolute atomic E-state index is 12.4. The summed E-state index contributed by atoms with van der Waals surface area (Å²) in [7, 11) is 1.43. The fourth-order valence-electron chi connectivity index (χ4n) is 6.78. The zero-order valence-corrected chi connectivity index (χ0v) is 22.1. The number of likely N-dealkylation sites (tertiary alicyclic amines) is 1. The molecule has 1 saturated carbocycles. The molecule has 0 amide bonds. The van der Waals surface area contributed by atoms with Gasteiger partial charge in [-0.15, -0.1) is 0 Å². The number of aliphatic hydroxyl groups excluding tert-OH is 1. The molecule has 1 aliphatic heterocycles. The first-order chi connectivity index (χ1) is 18.1. The normalized spacial score (nSPS) is 22.5. The number of aryl methyl sites for hydroxylation is 1. The van der Waals surface area contributed by atoms with Crippen molar-refractivity contribution < 1.29 is 19.0 Å². The van der Waals surface area contributed by atoms with Gasteiger partial charge in [0.05, 0.1) is 19.3 Å². The Morgan fingerprint density at radius 3 is 2.59 bits per heavy atom. The lowest BCUT2D eigenvalue weighted by molar-refractivity contribution is 0.0600. The molecule has 0 bridgehead atoms. The molecule has 4 nitrogen and oxygen atoms in total. The number of allylic oxidation sites excluding steroid dienone is 1. The summed E-state index contributed by atoms with van der Waals surface area (Å²) < 4.78 is 17.4. The molecule has 2 aromatic rings. The summed E-state index contributed by atoms with van der Waals surface area (Å²) in [5.41, 5.74) is 8.53. The molecule has 5 rings (SSSR count). The Morgan fingerprint density at radius 1 is 1.08 bits per heavy atom. The average Bonchev–Trinajstić information content (AvgIpc) is 3.31. The summed E-state index contributed by atoms with van der Waals surface area (Å²) in [5, 5.41) is 9.79. The van der Waals surface area contributed by atoms with Gasteiger partial charge in [-0.1, -0.05) is 35.9 Å². The van der Waals surface area contributed by atoms with Gasteiger partial charge in [-0.05, 0) is 109 Å². The van der Waals surface area contributed by atoms with Crippen molar-refractivity contribution in [3.63, 3.8) is 0 Å². The van der Waals surface area contributed by atoms with Crippen LogP contribution in [0.25, 0.3) is 5.57 Å². The van der Waals surface area contributed by atoms with Crippen LogP contribution in [0.1, 0.15) is 71.1 Å². The van der Waals surface area contributed by atoms with Gasteiger partial charge in [-0.2, -0.15) is 0 Å². The van der Waals surface area contributed by atoms with Crippen LogP contribution in [-0.2, 0) is 17.6 Å². The molecule has 1 saturated heterocycles. The van der Waals surface area contributed by atoms with E-state index >= 15 is 0 Å². The van der Waals surface area contributed by atoms with Crippen LogP contribution >= 0.6 is 0 Å². The van der Waals surface area contributed by atoms with Crippen molar-refractivity contribution in [1.29, 1.82) is 0 Å². The fourth-order valence-corrected chi connectivity index (χ4v) is 6.78. The Kier molecular flexibility index (Phi) is 8.41. The topological polar surface area (TPSA) is 49.8 Å². The number of hydrogen-bond acceptors (Lipinski definition) is 4. The minimum atomic E-state index is -0.289. The lowest BCUT2D eigenvalue weighted by atomic mass is 9.83. The van der Waals surface area contributed by atoms with Gasteiger partial charge < -0.3 is 14.7 Å². The van der Waals surface area contributed by atoms with Gasteiger partial charge in [-0.3, -0.25) is 4.39 Å². The average molecular weight is 506 g/mol. The number of esters is 1. The molecule has 0 radical (unpaired) electrons. The minimum absolute atomic E-state index is 0.227. The van der Waals surface area contributed by atoms with Crippen LogP contribution < -0.4 is 0 Å². The first-order valence-corrected chi connectivity index (χ1v) is 14.0. The number of nitrogens with zero attached hydrogens (tertiary/aromatic N) is 1. The molecule has 5 heteroatoms. The molecule has 1 N–H and O–H groups in total. The number of methoxy groups -OCH3 is 1. The maximum atomic E-state index is 12.4. The number of aliphatic hydroxyl groups is 1. The molecule has 0 aromatic heterocycles. The van der Waals surface area contributed by atoms with Crippen molar-refractivity contribution in [3.8, 4) is 0 Å². The van der Waals surface area contributed by atoms with Crippen molar-refractivity contribution in [1.82, 2.24) is 4.90 Å². The van der Waals surface area contributed by atoms with Crippen LogP contribution in [0.15, 0.2) is 48.0 Å². The van der Waals surface area contributed by atoms with Gasteiger partial charge in [0.1, 0.15) is 0 Å². The third kappa shape index (κ3) is 5.83. The maximum Gasteiger partial charge on any atom is 0.337 e. The molecule has 37 heavy (non-hydrogen) atoms. The highest BCUT2D eigenvalue weighted by molar-refractivity contribution is 5.92. The number of rotatable bonds is 9. The Labute approximate surface area is 220 Å². The van der Waals surface area contributed by atoms with E-state index in [4.69, 9.17) is 4.74 Å². The van der Waals surface area contributed by atoms with Crippen molar-refractivity contribution in [3.05, 3.63) is 75.9 Å². The smallest absolute Gasteiger partial charge is 0.337 e. The molecular weight excluding hydrogens is 465 g/mol. The molecule has 3 aliphatic rings. The monoisotopic (exact) mass is 505 g/mol. The van der Waals surface area contributed by atoms with E-state index in [1.807, 2.05) is 12.1 Å². The van der Waals surface area contributed by atoms with Gasteiger partial charge >= 0.3 is 5.97 Å². The first kappa shape index (κ1) is 26.1. The van der Waals surface area contributed by atoms with Crippen LogP contribution in [0.5, 0.6) is 0 Å². The van der Waals surface area contributed by atoms with Gasteiger partial charge in [0.25, 0.3) is 0 Å². The van der Waals surface area contributed by atoms with Crippen molar-refractivity contribution >= 4 is 11.5 Å². The van der Waals surface area contributed by atoms with Crippen LogP contribution in [-0.4, -0.2) is 56.0 Å². The first-order valence-electron chi connectivity index (χ1n) is 14.0. The summed E-state index contributed by atoms with van der Waals surface area (Å²) in [4.78, 5) is 14.6. The number of fused-ring (bicyclic) bond motifs is 1. The van der Waals surface area contributed by atoms with E-state index in [0.29, 0.717) is 29.7 Å². The van der Waals surface area contributed by atoms with Crippen LogP contribution in [0, 0.1) is 17.8 Å². The summed E-state index contributed by atoms with van der Waals surface area (Å²) in [6.45, 7) is 3.06. The number of carbonyl (C=O) groups excluding carboxylic acids is 1. The van der Waals surface area contributed by atoms with Crippen molar-refractivity contribution in [2.24, 2.45) is 17.8 Å². The molecule has 198 valence electrons. The molecular formula is C32H40FNO3. The number of carbonyl (C=O) groups is 1. The van der Waals surface area contributed by atoms with Crippen molar-refractivity contribution in [2.45, 2.75) is 51.4 Å². The Hall–Kier alpha value is -2.50. The second kappa shape index (κ2) is 11.9. The van der Waals surface area contributed by atoms with Gasteiger partial charge in [0.2, 0.25) is 0 Å². The number of halogens is 1. The predicted molar refractivity (Wildman–Crippen MR) is 145 cm³/mol. The standard InChI is InChI=1S/C32H40FNO3/c1-37-32(36)28-12-13-30-26(18-28)4-2-5-29(27-11-8-23(17-27)21-35)31(30)25-9-6-22(7-10-25)16-24-19-34(20-24)15-3-14-33/h6-7,9-10,12-13,18,23-24,27,35H,2-5,8,11,14-17,19-21H2,1H3. The van der Waals surface area contributed by atoms with E-state index in [0.717, 1.165) is 64.6 Å². The highest BCUT2D eigenvalue weighted by atomic mass is 19.1. The third-order valence-corrected chi connectivity index (χ3v) is 8.71. The number of hydrogen-bond donors (Lipinski definition) is 1. The summed E-state index contributed by atoms with van der Waals surface area (Å²) in [6, 6.07) is 15.2. The minimum Gasteiger partial charge on any atom is -0.465 e. The molecule has 2 fully saturated rings. The van der Waals surface area contributed by atoms with E-state index < -0.39 is 0 Å². The lowest BCUT2D eigenvalue weighted by Gasteiger charge is -2.39. The Bertz CT molecular complexity index is 1120.